The maximum atomic E-state index is 12.7. The van der Waals surface area contributed by atoms with Gasteiger partial charge in [-0.25, -0.2) is 0 Å². The molecule has 2 aliphatic rings. The molecule has 0 radical (unpaired) electrons. The number of benzene rings is 1. The van der Waals surface area contributed by atoms with Crippen LogP contribution in [0.15, 0.2) is 30.3 Å². The molecule has 4 heteroatoms. The second-order valence-corrected chi connectivity index (χ2v) is 7.38. The molecule has 132 valence electrons. The Bertz CT molecular complexity index is 526. The van der Waals surface area contributed by atoms with Crippen molar-refractivity contribution >= 4 is 5.91 Å². The summed E-state index contributed by atoms with van der Waals surface area (Å²) in [7, 11) is 1.78. The van der Waals surface area contributed by atoms with Crippen molar-refractivity contribution in [2.24, 2.45) is 11.3 Å². The molecule has 1 aromatic carbocycles. The van der Waals surface area contributed by atoms with E-state index in [-0.39, 0.29) is 5.41 Å². The Labute approximate surface area is 145 Å². The number of amides is 1. The minimum atomic E-state index is 0.274. The van der Waals surface area contributed by atoms with Crippen molar-refractivity contribution in [3.8, 4) is 0 Å². The molecule has 2 saturated heterocycles. The van der Waals surface area contributed by atoms with Gasteiger partial charge in [0.05, 0.1) is 6.61 Å². The van der Waals surface area contributed by atoms with Crippen molar-refractivity contribution in [1.82, 2.24) is 10.2 Å². The van der Waals surface area contributed by atoms with E-state index in [9.17, 15) is 4.79 Å². The molecule has 0 bridgehead atoms. The highest BCUT2D eigenvalue weighted by atomic mass is 16.5. The molecule has 2 fully saturated rings. The molecule has 1 N–H and O–H groups in total. The predicted molar refractivity (Wildman–Crippen MR) is 95.9 cm³/mol. The van der Waals surface area contributed by atoms with Crippen molar-refractivity contribution in [2.45, 2.75) is 32.1 Å². The summed E-state index contributed by atoms with van der Waals surface area (Å²) in [6.07, 6.45) is 4.90. The van der Waals surface area contributed by atoms with Crippen molar-refractivity contribution in [3.63, 3.8) is 0 Å². The average molecular weight is 330 g/mol. The molecule has 1 unspecified atom stereocenters. The number of nitrogens with one attached hydrogen (secondary N) is 1. The molecular weight excluding hydrogens is 300 g/mol. The van der Waals surface area contributed by atoms with Crippen LogP contribution in [0.25, 0.3) is 0 Å². The molecule has 1 atom stereocenters. The van der Waals surface area contributed by atoms with Crippen LogP contribution in [0.4, 0.5) is 0 Å². The minimum absolute atomic E-state index is 0.274. The van der Waals surface area contributed by atoms with E-state index in [2.05, 4.69) is 34.5 Å². The standard InChI is InChI=1S/C20H30N2O2/c1-24-15-18-14-22(16-20(18)10-12-21-13-11-20)19(23)9-5-8-17-6-3-2-4-7-17/h2-4,6-7,18,21H,5,8-16H2,1H3. The van der Waals surface area contributed by atoms with E-state index in [0.717, 1.165) is 58.5 Å². The number of hydrogen-bond acceptors (Lipinski definition) is 3. The highest BCUT2D eigenvalue weighted by Gasteiger charge is 2.47. The van der Waals surface area contributed by atoms with E-state index < -0.39 is 0 Å². The van der Waals surface area contributed by atoms with Gasteiger partial charge in [0.1, 0.15) is 0 Å². The molecule has 3 rings (SSSR count). The quantitative estimate of drug-likeness (QED) is 0.871. The average Bonchev–Trinajstić information content (AvgIpc) is 2.95. The van der Waals surface area contributed by atoms with E-state index in [1.165, 1.54) is 5.56 Å². The zero-order valence-electron chi connectivity index (χ0n) is 14.8. The van der Waals surface area contributed by atoms with Gasteiger partial charge in [0.25, 0.3) is 0 Å². The normalized spacial score (nSPS) is 22.9. The van der Waals surface area contributed by atoms with Crippen LogP contribution in [-0.4, -0.2) is 50.7 Å². The van der Waals surface area contributed by atoms with Crippen molar-refractivity contribution < 1.29 is 9.53 Å². The zero-order chi connectivity index (χ0) is 16.8. The molecule has 1 amide bonds. The molecule has 0 aliphatic carbocycles. The van der Waals surface area contributed by atoms with Gasteiger partial charge in [-0.05, 0) is 49.8 Å². The highest BCUT2D eigenvalue weighted by Crippen LogP contribution is 2.43. The summed E-state index contributed by atoms with van der Waals surface area (Å²) in [6, 6.07) is 10.4. The fourth-order valence-electron chi connectivity index (χ4n) is 4.39. The first-order valence-corrected chi connectivity index (χ1v) is 9.25. The Morgan fingerprint density at radius 3 is 2.75 bits per heavy atom. The first-order chi connectivity index (χ1) is 11.7. The molecule has 2 heterocycles. The fourth-order valence-corrected chi connectivity index (χ4v) is 4.39. The summed E-state index contributed by atoms with van der Waals surface area (Å²) >= 11 is 0. The van der Waals surface area contributed by atoms with Gasteiger partial charge in [0.2, 0.25) is 5.91 Å². The van der Waals surface area contributed by atoms with Crippen LogP contribution in [0.5, 0.6) is 0 Å². The monoisotopic (exact) mass is 330 g/mol. The Hall–Kier alpha value is -1.39. The maximum Gasteiger partial charge on any atom is 0.222 e. The number of piperidine rings is 1. The smallest absolute Gasteiger partial charge is 0.222 e. The molecule has 1 spiro atoms. The second kappa shape index (κ2) is 8.13. The summed E-state index contributed by atoms with van der Waals surface area (Å²) in [5, 5.41) is 3.45. The molecule has 1 aromatic rings. The van der Waals surface area contributed by atoms with Gasteiger partial charge in [-0.15, -0.1) is 0 Å². The SMILES string of the molecule is COCC1CN(C(=O)CCCc2ccccc2)CC12CCNCC2. The number of rotatable bonds is 6. The molecule has 0 saturated carbocycles. The molecular formula is C20H30N2O2. The third-order valence-corrected chi connectivity index (χ3v) is 5.83. The Morgan fingerprint density at radius 1 is 1.29 bits per heavy atom. The van der Waals surface area contributed by atoms with Gasteiger partial charge < -0.3 is 15.0 Å². The zero-order valence-corrected chi connectivity index (χ0v) is 14.8. The molecule has 4 nitrogen and oxygen atoms in total. The molecule has 2 aliphatic heterocycles. The maximum absolute atomic E-state index is 12.7. The van der Waals surface area contributed by atoms with Crippen molar-refractivity contribution in [1.29, 1.82) is 0 Å². The van der Waals surface area contributed by atoms with Crippen LogP contribution in [0.2, 0.25) is 0 Å². The lowest BCUT2D eigenvalue weighted by atomic mass is 9.71. The van der Waals surface area contributed by atoms with E-state index in [4.69, 9.17) is 4.74 Å². The first kappa shape index (κ1) is 17.4. The fraction of sp³-hybridized carbons (Fsp3) is 0.650. The minimum Gasteiger partial charge on any atom is -0.384 e. The van der Waals surface area contributed by atoms with E-state index >= 15 is 0 Å². The Kier molecular flexibility index (Phi) is 5.90. The van der Waals surface area contributed by atoms with Crippen LogP contribution in [-0.2, 0) is 16.0 Å². The van der Waals surface area contributed by atoms with Crippen LogP contribution in [0, 0.1) is 11.3 Å². The van der Waals surface area contributed by atoms with Crippen LogP contribution >= 0.6 is 0 Å². The van der Waals surface area contributed by atoms with Gasteiger partial charge in [-0.3, -0.25) is 4.79 Å². The predicted octanol–water partition coefficient (Wildman–Crippen LogP) is 2.48. The van der Waals surface area contributed by atoms with Gasteiger partial charge in [0.15, 0.2) is 0 Å². The highest BCUT2D eigenvalue weighted by molar-refractivity contribution is 5.76. The van der Waals surface area contributed by atoms with Crippen LogP contribution in [0.3, 0.4) is 0 Å². The van der Waals surface area contributed by atoms with E-state index in [1.54, 1.807) is 7.11 Å². The number of nitrogens with zero attached hydrogens (tertiary/aromatic N) is 1. The Morgan fingerprint density at radius 2 is 2.04 bits per heavy atom. The van der Waals surface area contributed by atoms with Gasteiger partial charge in [0, 0.05) is 32.5 Å². The topological polar surface area (TPSA) is 41.6 Å². The largest absolute Gasteiger partial charge is 0.384 e. The number of carbonyl (C=O) groups is 1. The van der Waals surface area contributed by atoms with E-state index in [1.807, 2.05) is 6.07 Å². The number of carbonyl (C=O) groups excluding carboxylic acids is 1. The third kappa shape index (κ3) is 3.98. The summed E-state index contributed by atoms with van der Waals surface area (Å²) in [5.74, 6) is 0.810. The molecule has 24 heavy (non-hydrogen) atoms. The number of likely N-dealkylation sites (tertiary alicyclic amines) is 1. The van der Waals surface area contributed by atoms with Gasteiger partial charge in [-0.2, -0.15) is 0 Å². The summed E-state index contributed by atoms with van der Waals surface area (Å²) in [6.45, 7) is 4.70. The summed E-state index contributed by atoms with van der Waals surface area (Å²) in [4.78, 5) is 14.8. The lowest BCUT2D eigenvalue weighted by Gasteiger charge is -2.38. The van der Waals surface area contributed by atoms with E-state index in [0.29, 0.717) is 18.2 Å². The molecule has 0 aromatic heterocycles. The summed E-state index contributed by atoms with van der Waals surface area (Å²) < 4.78 is 5.46. The lowest BCUT2D eigenvalue weighted by Crippen LogP contribution is -2.43. The van der Waals surface area contributed by atoms with Crippen molar-refractivity contribution in [2.75, 3.05) is 39.9 Å². The first-order valence-electron chi connectivity index (χ1n) is 9.25. The Balaban J connectivity index is 1.53. The van der Waals surface area contributed by atoms with Gasteiger partial charge in [-0.1, -0.05) is 30.3 Å². The van der Waals surface area contributed by atoms with Crippen LogP contribution < -0.4 is 5.32 Å². The number of aryl methyl sites for hydroxylation is 1. The van der Waals surface area contributed by atoms with Crippen molar-refractivity contribution in [3.05, 3.63) is 35.9 Å². The number of hydrogen-bond donors (Lipinski definition) is 1. The van der Waals surface area contributed by atoms with Gasteiger partial charge >= 0.3 is 0 Å². The van der Waals surface area contributed by atoms with Crippen LogP contribution in [0.1, 0.15) is 31.2 Å². The number of ether oxygens (including phenoxy) is 1. The summed E-state index contributed by atoms with van der Waals surface area (Å²) in [5.41, 5.74) is 1.59. The third-order valence-electron chi connectivity index (χ3n) is 5.83. The second-order valence-electron chi connectivity index (χ2n) is 7.38. The number of methoxy groups -OCH3 is 1. The lowest BCUT2D eigenvalue weighted by molar-refractivity contribution is -0.130.